The summed E-state index contributed by atoms with van der Waals surface area (Å²) in [6, 6.07) is 1.79. The van der Waals surface area contributed by atoms with Gasteiger partial charge in [-0.05, 0) is 54.9 Å². The van der Waals surface area contributed by atoms with Crippen molar-refractivity contribution in [1.29, 1.82) is 0 Å². The van der Waals surface area contributed by atoms with Gasteiger partial charge in [-0.25, -0.2) is 0 Å². The Morgan fingerprint density at radius 1 is 1.41 bits per heavy atom. The molecule has 0 aromatic carbocycles. The third kappa shape index (κ3) is 2.46. The molecule has 3 rings (SSSR count). The summed E-state index contributed by atoms with van der Waals surface area (Å²) in [4.78, 5) is 12.6. The van der Waals surface area contributed by atoms with Gasteiger partial charge in [-0.15, -0.1) is 11.3 Å². The van der Waals surface area contributed by atoms with E-state index in [9.17, 15) is 4.79 Å². The van der Waals surface area contributed by atoms with E-state index in [0.717, 1.165) is 24.3 Å². The monoisotopic (exact) mass is 250 g/mol. The van der Waals surface area contributed by atoms with Crippen LogP contribution < -0.4 is 11.1 Å². The fourth-order valence-electron chi connectivity index (χ4n) is 2.56. The highest BCUT2D eigenvalue weighted by Crippen LogP contribution is 2.48. The van der Waals surface area contributed by atoms with Crippen molar-refractivity contribution in [3.05, 3.63) is 16.3 Å². The topological polar surface area (TPSA) is 55.1 Å². The number of anilines is 1. The number of nitrogens with one attached hydrogen (secondary N) is 1. The van der Waals surface area contributed by atoms with Crippen LogP contribution >= 0.6 is 11.3 Å². The van der Waals surface area contributed by atoms with Crippen molar-refractivity contribution in [3.8, 4) is 0 Å². The van der Waals surface area contributed by atoms with E-state index in [0.29, 0.717) is 10.6 Å². The number of nitrogens with two attached hydrogens (primary N) is 1. The number of amides is 1. The lowest BCUT2D eigenvalue weighted by atomic mass is 9.98. The molecule has 0 aliphatic heterocycles. The smallest absolute Gasteiger partial charge is 0.263 e. The van der Waals surface area contributed by atoms with Gasteiger partial charge in [0.05, 0.1) is 5.69 Å². The van der Waals surface area contributed by atoms with Crippen LogP contribution in [-0.2, 0) is 0 Å². The zero-order valence-corrected chi connectivity index (χ0v) is 10.6. The fourth-order valence-corrected chi connectivity index (χ4v) is 3.30. The lowest BCUT2D eigenvalue weighted by Gasteiger charge is -2.15. The Morgan fingerprint density at radius 3 is 2.53 bits per heavy atom. The largest absolute Gasteiger partial charge is 0.397 e. The molecule has 0 atom stereocenters. The molecule has 0 saturated heterocycles. The first-order chi connectivity index (χ1) is 8.25. The quantitative estimate of drug-likeness (QED) is 0.843. The van der Waals surface area contributed by atoms with Gasteiger partial charge in [0.2, 0.25) is 0 Å². The van der Waals surface area contributed by atoms with E-state index >= 15 is 0 Å². The summed E-state index contributed by atoms with van der Waals surface area (Å²) in [5.74, 6) is 2.48. The van der Waals surface area contributed by atoms with E-state index in [4.69, 9.17) is 5.73 Å². The number of thiophene rings is 1. The van der Waals surface area contributed by atoms with E-state index in [1.807, 2.05) is 5.38 Å². The maximum atomic E-state index is 11.9. The molecule has 0 unspecified atom stereocenters. The average Bonchev–Trinajstić information content (AvgIpc) is 3.20. The summed E-state index contributed by atoms with van der Waals surface area (Å²) in [7, 11) is 0. The maximum absolute atomic E-state index is 11.9. The Bertz CT molecular complexity index is 409. The minimum Gasteiger partial charge on any atom is -0.397 e. The Hall–Kier alpha value is -1.03. The molecule has 1 aromatic rings. The van der Waals surface area contributed by atoms with Crippen molar-refractivity contribution >= 4 is 22.9 Å². The Kier molecular flexibility index (Phi) is 2.82. The second-order valence-corrected chi connectivity index (χ2v) is 6.17. The van der Waals surface area contributed by atoms with E-state index in [-0.39, 0.29) is 5.91 Å². The molecule has 4 heteroatoms. The van der Waals surface area contributed by atoms with Crippen LogP contribution in [0.5, 0.6) is 0 Å². The van der Waals surface area contributed by atoms with Crippen molar-refractivity contribution in [2.24, 2.45) is 17.8 Å². The highest BCUT2D eigenvalue weighted by Gasteiger charge is 2.41. The zero-order chi connectivity index (χ0) is 11.8. The van der Waals surface area contributed by atoms with Crippen LogP contribution in [0.25, 0.3) is 0 Å². The lowest BCUT2D eigenvalue weighted by Crippen LogP contribution is -2.31. The lowest BCUT2D eigenvalue weighted by molar-refractivity contribution is 0.0948. The highest BCUT2D eigenvalue weighted by molar-refractivity contribution is 7.12. The molecule has 3 N–H and O–H groups in total. The molecule has 2 saturated carbocycles. The zero-order valence-electron chi connectivity index (χ0n) is 9.82. The predicted octanol–water partition coefficient (Wildman–Crippen LogP) is 2.50. The molecular weight excluding hydrogens is 232 g/mol. The van der Waals surface area contributed by atoms with Crippen LogP contribution in [0.1, 0.15) is 35.4 Å². The van der Waals surface area contributed by atoms with Crippen molar-refractivity contribution < 1.29 is 4.79 Å². The van der Waals surface area contributed by atoms with Crippen molar-refractivity contribution in [3.63, 3.8) is 0 Å². The van der Waals surface area contributed by atoms with Crippen molar-refractivity contribution in [2.75, 3.05) is 12.3 Å². The summed E-state index contributed by atoms with van der Waals surface area (Å²) in [5.41, 5.74) is 6.34. The minimum atomic E-state index is 0.00352. The van der Waals surface area contributed by atoms with Gasteiger partial charge in [0.1, 0.15) is 4.88 Å². The number of hydrogen-bond donors (Lipinski definition) is 2. The predicted molar refractivity (Wildman–Crippen MR) is 70.0 cm³/mol. The average molecular weight is 250 g/mol. The summed E-state index contributed by atoms with van der Waals surface area (Å²) in [6.45, 7) is 0.839. The van der Waals surface area contributed by atoms with Gasteiger partial charge in [-0.3, -0.25) is 4.79 Å². The molecule has 0 bridgehead atoms. The van der Waals surface area contributed by atoms with Gasteiger partial charge < -0.3 is 11.1 Å². The van der Waals surface area contributed by atoms with E-state index in [1.165, 1.54) is 37.0 Å². The van der Waals surface area contributed by atoms with Crippen LogP contribution in [0.4, 0.5) is 5.69 Å². The first-order valence-corrected chi connectivity index (χ1v) is 7.25. The van der Waals surface area contributed by atoms with Crippen molar-refractivity contribution in [2.45, 2.75) is 25.7 Å². The second-order valence-electron chi connectivity index (χ2n) is 5.25. The molecule has 3 nitrogen and oxygen atoms in total. The normalized spacial score (nSPS) is 19.6. The van der Waals surface area contributed by atoms with E-state index < -0.39 is 0 Å². The van der Waals surface area contributed by atoms with E-state index in [2.05, 4.69) is 5.32 Å². The summed E-state index contributed by atoms with van der Waals surface area (Å²) >= 11 is 1.42. The Balaban J connectivity index is 1.56. The maximum Gasteiger partial charge on any atom is 0.263 e. The summed E-state index contributed by atoms with van der Waals surface area (Å²) < 4.78 is 0. The van der Waals surface area contributed by atoms with Crippen LogP contribution in [0.15, 0.2) is 11.4 Å². The third-order valence-electron chi connectivity index (χ3n) is 3.86. The molecule has 1 amide bonds. The standard InChI is InChI=1S/C13H18N2OS/c14-11-5-6-17-12(11)13(16)15-7-10(8-1-2-8)9-3-4-9/h5-6,8-10H,1-4,7,14H2,(H,15,16). The molecule has 17 heavy (non-hydrogen) atoms. The number of nitrogen functional groups attached to an aromatic ring is 1. The van der Waals surface area contributed by atoms with Gasteiger partial charge in [0, 0.05) is 6.54 Å². The number of carbonyl (C=O) groups is 1. The molecule has 92 valence electrons. The summed E-state index contributed by atoms with van der Waals surface area (Å²) in [5, 5.41) is 4.92. The molecule has 1 aromatic heterocycles. The molecule has 2 aliphatic carbocycles. The number of hydrogen-bond acceptors (Lipinski definition) is 3. The molecular formula is C13H18N2OS. The van der Waals surface area contributed by atoms with Gasteiger partial charge in [-0.1, -0.05) is 0 Å². The number of carbonyl (C=O) groups excluding carboxylic acids is 1. The summed E-state index contributed by atoms with van der Waals surface area (Å²) in [6.07, 6.45) is 5.44. The van der Waals surface area contributed by atoms with Crippen LogP contribution in [-0.4, -0.2) is 12.5 Å². The Morgan fingerprint density at radius 2 is 2.06 bits per heavy atom. The van der Waals surface area contributed by atoms with E-state index in [1.54, 1.807) is 6.07 Å². The molecule has 1 heterocycles. The van der Waals surface area contributed by atoms with Gasteiger partial charge >= 0.3 is 0 Å². The molecule has 0 radical (unpaired) electrons. The van der Waals surface area contributed by atoms with Crippen LogP contribution in [0, 0.1) is 17.8 Å². The van der Waals surface area contributed by atoms with Crippen molar-refractivity contribution in [1.82, 2.24) is 5.32 Å². The SMILES string of the molecule is Nc1ccsc1C(=O)NCC(C1CC1)C1CC1. The minimum absolute atomic E-state index is 0.00352. The molecule has 0 spiro atoms. The molecule has 2 fully saturated rings. The first kappa shape index (κ1) is 11.1. The van der Waals surface area contributed by atoms with Crippen LogP contribution in [0.3, 0.4) is 0 Å². The fraction of sp³-hybridized carbons (Fsp3) is 0.615. The molecule has 2 aliphatic rings. The number of rotatable bonds is 5. The van der Waals surface area contributed by atoms with Crippen LogP contribution in [0.2, 0.25) is 0 Å². The third-order valence-corrected chi connectivity index (χ3v) is 4.78. The van der Waals surface area contributed by atoms with Gasteiger partial charge in [0.25, 0.3) is 5.91 Å². The first-order valence-electron chi connectivity index (χ1n) is 6.37. The second kappa shape index (κ2) is 4.33. The Labute approximate surface area is 105 Å². The highest BCUT2D eigenvalue weighted by atomic mass is 32.1. The van der Waals surface area contributed by atoms with Gasteiger partial charge in [-0.2, -0.15) is 0 Å². The van der Waals surface area contributed by atoms with Gasteiger partial charge in [0.15, 0.2) is 0 Å².